The van der Waals surface area contributed by atoms with Crippen molar-refractivity contribution in [3.8, 4) is 11.1 Å². The molecule has 24 heavy (non-hydrogen) atoms. The number of unbranched alkanes of at least 4 members (excludes halogenated alkanes) is 1. The second kappa shape index (κ2) is 7.87. The van der Waals surface area contributed by atoms with Crippen molar-refractivity contribution >= 4 is 0 Å². The number of rotatable bonds is 5. The molecule has 1 aromatic heterocycles. The van der Waals surface area contributed by atoms with Crippen molar-refractivity contribution in [2.24, 2.45) is 5.92 Å². The predicted molar refractivity (Wildman–Crippen MR) is 93.8 cm³/mol. The van der Waals surface area contributed by atoms with E-state index in [1.807, 2.05) is 12.1 Å². The molecule has 1 heterocycles. The molecular weight excluding hydrogens is 304 g/mol. The fourth-order valence-electron chi connectivity index (χ4n) is 3.84. The summed E-state index contributed by atoms with van der Waals surface area (Å²) in [5.74, 6) is -0.0140. The van der Waals surface area contributed by atoms with Gasteiger partial charge in [0.15, 0.2) is 0 Å². The SMILES string of the molecule is CCCCC1CCC(c2ccc(-c3ccc(F)nc3F)cc2)CC1. The van der Waals surface area contributed by atoms with E-state index in [4.69, 9.17) is 0 Å². The van der Waals surface area contributed by atoms with Gasteiger partial charge in [-0.15, -0.1) is 0 Å². The minimum absolute atomic E-state index is 0.353. The summed E-state index contributed by atoms with van der Waals surface area (Å²) in [6.07, 6.45) is 9.16. The number of hydrogen-bond acceptors (Lipinski definition) is 1. The van der Waals surface area contributed by atoms with Gasteiger partial charge in [0.1, 0.15) is 0 Å². The van der Waals surface area contributed by atoms with Crippen molar-refractivity contribution in [3.05, 3.63) is 53.9 Å². The van der Waals surface area contributed by atoms with Crippen molar-refractivity contribution in [1.29, 1.82) is 0 Å². The zero-order valence-corrected chi connectivity index (χ0v) is 14.3. The van der Waals surface area contributed by atoms with Gasteiger partial charge in [-0.3, -0.25) is 0 Å². The van der Waals surface area contributed by atoms with Gasteiger partial charge in [-0.05, 0) is 60.8 Å². The Kier molecular flexibility index (Phi) is 5.60. The third-order valence-corrected chi connectivity index (χ3v) is 5.32. The Hall–Kier alpha value is -1.77. The number of nitrogens with zero attached hydrogens (tertiary/aromatic N) is 1. The first kappa shape index (κ1) is 17.1. The van der Waals surface area contributed by atoms with E-state index in [1.54, 1.807) is 0 Å². The molecule has 1 aliphatic rings. The largest absolute Gasteiger partial charge is 0.223 e. The summed E-state index contributed by atoms with van der Waals surface area (Å²) in [4.78, 5) is 3.26. The van der Waals surface area contributed by atoms with Crippen LogP contribution in [0.25, 0.3) is 11.1 Å². The van der Waals surface area contributed by atoms with Crippen molar-refractivity contribution in [2.75, 3.05) is 0 Å². The Morgan fingerprint density at radius 1 is 0.958 bits per heavy atom. The van der Waals surface area contributed by atoms with Crippen molar-refractivity contribution in [2.45, 2.75) is 57.8 Å². The summed E-state index contributed by atoms with van der Waals surface area (Å²) in [5, 5.41) is 0. The summed E-state index contributed by atoms with van der Waals surface area (Å²) < 4.78 is 26.7. The number of aromatic nitrogens is 1. The molecule has 3 heteroatoms. The summed E-state index contributed by atoms with van der Waals surface area (Å²) >= 11 is 0. The van der Waals surface area contributed by atoms with E-state index in [0.717, 1.165) is 11.5 Å². The standard InChI is InChI=1S/C21H25F2N/c1-2-3-4-15-5-7-16(8-6-15)17-9-11-18(12-10-17)19-13-14-20(22)24-21(19)23/h9-16H,2-8H2,1H3. The molecule has 0 unspecified atom stereocenters. The van der Waals surface area contributed by atoms with Crippen LogP contribution in [0.3, 0.4) is 0 Å². The second-order valence-corrected chi connectivity index (χ2v) is 6.95. The third-order valence-electron chi connectivity index (χ3n) is 5.32. The zero-order chi connectivity index (χ0) is 16.9. The van der Waals surface area contributed by atoms with E-state index in [-0.39, 0.29) is 0 Å². The van der Waals surface area contributed by atoms with E-state index in [9.17, 15) is 8.78 Å². The van der Waals surface area contributed by atoms with E-state index < -0.39 is 11.9 Å². The summed E-state index contributed by atoms with van der Waals surface area (Å²) in [5.41, 5.74) is 2.44. The maximum absolute atomic E-state index is 13.8. The van der Waals surface area contributed by atoms with Crippen LogP contribution in [0.15, 0.2) is 36.4 Å². The first-order valence-corrected chi connectivity index (χ1v) is 9.09. The van der Waals surface area contributed by atoms with Gasteiger partial charge < -0.3 is 0 Å². The summed E-state index contributed by atoms with van der Waals surface area (Å²) in [6.45, 7) is 2.26. The van der Waals surface area contributed by atoms with Crippen LogP contribution in [0.1, 0.15) is 63.4 Å². The van der Waals surface area contributed by atoms with Crippen LogP contribution >= 0.6 is 0 Å². The maximum Gasteiger partial charge on any atom is 0.223 e. The van der Waals surface area contributed by atoms with Crippen molar-refractivity contribution in [3.63, 3.8) is 0 Å². The van der Waals surface area contributed by atoms with E-state index in [2.05, 4.69) is 24.0 Å². The molecule has 0 radical (unpaired) electrons. The van der Waals surface area contributed by atoms with Gasteiger partial charge in [0.05, 0.1) is 0 Å². The predicted octanol–water partition coefficient (Wildman–Crippen LogP) is 6.49. The van der Waals surface area contributed by atoms with E-state index >= 15 is 0 Å². The molecule has 1 aromatic carbocycles. The van der Waals surface area contributed by atoms with Crippen LogP contribution in [0.4, 0.5) is 8.78 Å². The minimum Gasteiger partial charge on any atom is -0.190 e. The lowest BCUT2D eigenvalue weighted by Gasteiger charge is -2.29. The Balaban J connectivity index is 1.65. The third kappa shape index (κ3) is 4.00. The highest BCUT2D eigenvalue weighted by atomic mass is 19.1. The summed E-state index contributed by atoms with van der Waals surface area (Å²) in [6, 6.07) is 10.7. The van der Waals surface area contributed by atoms with Gasteiger partial charge in [0.2, 0.25) is 11.9 Å². The molecule has 0 atom stereocenters. The fraction of sp³-hybridized carbons (Fsp3) is 0.476. The van der Waals surface area contributed by atoms with Crippen LogP contribution in [0.5, 0.6) is 0 Å². The molecule has 0 amide bonds. The van der Waals surface area contributed by atoms with Gasteiger partial charge in [-0.25, -0.2) is 0 Å². The Morgan fingerprint density at radius 2 is 1.67 bits per heavy atom. The lowest BCUT2D eigenvalue weighted by atomic mass is 9.77. The van der Waals surface area contributed by atoms with Gasteiger partial charge in [0, 0.05) is 5.56 Å². The molecule has 3 rings (SSSR count). The average Bonchev–Trinajstić information content (AvgIpc) is 2.61. The normalized spacial score (nSPS) is 21.0. The topological polar surface area (TPSA) is 12.9 Å². The Bertz CT molecular complexity index is 658. The van der Waals surface area contributed by atoms with Crippen molar-refractivity contribution < 1.29 is 8.78 Å². The van der Waals surface area contributed by atoms with E-state index in [1.165, 1.54) is 62.6 Å². The average molecular weight is 329 g/mol. The lowest BCUT2D eigenvalue weighted by Crippen LogP contribution is -2.13. The molecule has 1 aliphatic carbocycles. The second-order valence-electron chi connectivity index (χ2n) is 6.95. The quantitative estimate of drug-likeness (QED) is 0.571. The van der Waals surface area contributed by atoms with Crippen LogP contribution < -0.4 is 0 Å². The Labute approximate surface area is 143 Å². The molecule has 0 saturated heterocycles. The number of hydrogen-bond donors (Lipinski definition) is 0. The number of benzene rings is 1. The van der Waals surface area contributed by atoms with Crippen LogP contribution in [-0.2, 0) is 0 Å². The molecule has 0 bridgehead atoms. The van der Waals surface area contributed by atoms with Crippen LogP contribution in [0.2, 0.25) is 0 Å². The number of pyridine rings is 1. The molecular formula is C21H25F2N. The molecule has 0 N–H and O–H groups in total. The monoisotopic (exact) mass is 329 g/mol. The highest BCUT2D eigenvalue weighted by Gasteiger charge is 2.22. The fourth-order valence-corrected chi connectivity index (χ4v) is 3.84. The van der Waals surface area contributed by atoms with Crippen molar-refractivity contribution in [1.82, 2.24) is 4.98 Å². The minimum atomic E-state index is -0.785. The van der Waals surface area contributed by atoms with Gasteiger partial charge in [-0.1, -0.05) is 50.5 Å². The smallest absolute Gasteiger partial charge is 0.190 e. The maximum atomic E-state index is 13.8. The number of halogens is 2. The first-order chi connectivity index (χ1) is 11.7. The van der Waals surface area contributed by atoms with E-state index in [0.29, 0.717) is 11.5 Å². The molecule has 0 spiro atoms. The molecule has 1 nitrogen and oxygen atoms in total. The summed E-state index contributed by atoms with van der Waals surface area (Å²) in [7, 11) is 0. The molecule has 128 valence electrons. The molecule has 0 aliphatic heterocycles. The Morgan fingerprint density at radius 3 is 2.29 bits per heavy atom. The van der Waals surface area contributed by atoms with Gasteiger partial charge in [-0.2, -0.15) is 13.8 Å². The zero-order valence-electron chi connectivity index (χ0n) is 14.3. The van der Waals surface area contributed by atoms with Gasteiger partial charge in [0.25, 0.3) is 0 Å². The van der Waals surface area contributed by atoms with Crippen LogP contribution in [-0.4, -0.2) is 4.98 Å². The van der Waals surface area contributed by atoms with Crippen LogP contribution in [0, 0.1) is 17.8 Å². The highest BCUT2D eigenvalue weighted by molar-refractivity contribution is 5.63. The first-order valence-electron chi connectivity index (χ1n) is 9.09. The molecule has 1 saturated carbocycles. The van der Waals surface area contributed by atoms with Gasteiger partial charge >= 0.3 is 0 Å². The molecule has 1 fully saturated rings. The lowest BCUT2D eigenvalue weighted by molar-refractivity contribution is 0.304. The highest BCUT2D eigenvalue weighted by Crippen LogP contribution is 2.38. The molecule has 2 aromatic rings.